The molecule has 0 unspecified atom stereocenters. The van der Waals surface area contributed by atoms with Gasteiger partial charge in [-0.1, -0.05) is 67.4 Å². The molecule has 1 aliphatic heterocycles. The second-order valence-electron chi connectivity index (χ2n) is 11.9. The van der Waals surface area contributed by atoms with Gasteiger partial charge in [-0.05, 0) is 86.2 Å². The third-order valence-electron chi connectivity index (χ3n) is 8.51. The highest BCUT2D eigenvalue weighted by Crippen LogP contribution is 2.35. The predicted octanol–water partition coefficient (Wildman–Crippen LogP) is 8.96. The summed E-state index contributed by atoms with van der Waals surface area (Å²) in [5.41, 5.74) is 2.19. The lowest BCUT2D eigenvalue weighted by Crippen LogP contribution is -2.44. The standard InChI is InChI=1S/C26H22F4N2O2.C11H15N/c1-15-10-11-19(13-20(15)26(28,29)30)31-24(33)18-12-17-7-3-4-9-22(17)32(14-18)25(34)23-16(2)6-5-8-21(23)27;1-2-6-10(7-3-1)12-11-8-4-5-9-11/h3-11,13,18H,12,14H2,1-2H3,(H,31,33);1-3,6-7,11-12H,4-5,8-9H2/t18-;/m0./s1. The number of amides is 2. The summed E-state index contributed by atoms with van der Waals surface area (Å²) in [6.07, 6.45) is 1.22. The Balaban J connectivity index is 0.000000289. The van der Waals surface area contributed by atoms with Crippen molar-refractivity contribution >= 4 is 28.9 Å². The lowest BCUT2D eigenvalue weighted by molar-refractivity contribution is -0.138. The van der Waals surface area contributed by atoms with E-state index >= 15 is 0 Å². The number of alkyl halides is 3. The molecule has 46 heavy (non-hydrogen) atoms. The third kappa shape index (κ3) is 7.76. The van der Waals surface area contributed by atoms with E-state index in [1.165, 1.54) is 67.5 Å². The van der Waals surface area contributed by atoms with Gasteiger partial charge >= 0.3 is 6.18 Å². The van der Waals surface area contributed by atoms with Gasteiger partial charge in [-0.2, -0.15) is 13.2 Å². The molecule has 2 N–H and O–H groups in total. The summed E-state index contributed by atoms with van der Waals surface area (Å²) in [5, 5.41) is 6.09. The number of carbonyl (C=O) groups excluding carboxylic acids is 2. The van der Waals surface area contributed by atoms with Crippen molar-refractivity contribution in [3.05, 3.63) is 125 Å². The summed E-state index contributed by atoms with van der Waals surface area (Å²) >= 11 is 0. The Morgan fingerprint density at radius 2 is 1.50 bits per heavy atom. The minimum Gasteiger partial charge on any atom is -0.382 e. The Labute approximate surface area is 266 Å². The second kappa shape index (κ2) is 14.2. The van der Waals surface area contributed by atoms with Crippen molar-refractivity contribution < 1.29 is 27.2 Å². The summed E-state index contributed by atoms with van der Waals surface area (Å²) in [7, 11) is 0. The van der Waals surface area contributed by atoms with E-state index in [9.17, 15) is 27.2 Å². The maximum atomic E-state index is 14.5. The molecule has 0 radical (unpaired) electrons. The second-order valence-corrected chi connectivity index (χ2v) is 11.9. The van der Waals surface area contributed by atoms with Gasteiger partial charge in [0.25, 0.3) is 5.91 Å². The number of hydrogen-bond acceptors (Lipinski definition) is 3. The Bertz CT molecular complexity index is 1660. The zero-order valence-electron chi connectivity index (χ0n) is 25.8. The van der Waals surface area contributed by atoms with Crippen LogP contribution in [0, 0.1) is 25.6 Å². The van der Waals surface area contributed by atoms with Crippen molar-refractivity contribution in [3.8, 4) is 0 Å². The average molecular weight is 632 g/mol. The number of fused-ring (bicyclic) bond motifs is 1. The zero-order valence-corrected chi connectivity index (χ0v) is 25.8. The Morgan fingerprint density at radius 1 is 0.804 bits per heavy atom. The molecule has 1 atom stereocenters. The molecule has 0 spiro atoms. The number of aryl methyl sites for hydroxylation is 2. The van der Waals surface area contributed by atoms with Gasteiger partial charge < -0.3 is 15.5 Å². The van der Waals surface area contributed by atoms with E-state index in [0.717, 1.165) is 17.7 Å². The lowest BCUT2D eigenvalue weighted by Gasteiger charge is -2.34. The highest BCUT2D eigenvalue weighted by Gasteiger charge is 2.35. The summed E-state index contributed by atoms with van der Waals surface area (Å²) < 4.78 is 54.3. The minimum absolute atomic E-state index is 0.0182. The Hall–Kier alpha value is -4.66. The minimum atomic E-state index is -4.55. The van der Waals surface area contributed by atoms with Crippen LogP contribution in [0.2, 0.25) is 0 Å². The van der Waals surface area contributed by atoms with Crippen molar-refractivity contribution in [1.82, 2.24) is 0 Å². The molecule has 4 aromatic rings. The molecule has 1 aliphatic carbocycles. The van der Waals surface area contributed by atoms with E-state index < -0.39 is 35.3 Å². The lowest BCUT2D eigenvalue weighted by atomic mass is 9.90. The van der Waals surface area contributed by atoms with E-state index in [1.54, 1.807) is 37.3 Å². The summed E-state index contributed by atoms with van der Waals surface area (Å²) in [4.78, 5) is 27.8. The van der Waals surface area contributed by atoms with Crippen LogP contribution in [0.4, 0.5) is 34.6 Å². The molecule has 2 amide bonds. The molecule has 1 heterocycles. The molecule has 0 aromatic heterocycles. The Kier molecular flexibility index (Phi) is 10.1. The molecule has 0 saturated heterocycles. The Morgan fingerprint density at radius 3 is 2.20 bits per heavy atom. The van der Waals surface area contributed by atoms with Crippen LogP contribution >= 0.6 is 0 Å². The van der Waals surface area contributed by atoms with Crippen LogP contribution in [0.15, 0.2) is 91.0 Å². The van der Waals surface area contributed by atoms with Gasteiger partial charge in [0.1, 0.15) is 5.82 Å². The fraction of sp³-hybridized carbons (Fsp3) is 0.297. The fourth-order valence-corrected chi connectivity index (χ4v) is 6.09. The molecule has 240 valence electrons. The molecule has 6 rings (SSSR count). The molecule has 4 aromatic carbocycles. The van der Waals surface area contributed by atoms with E-state index in [2.05, 4.69) is 41.0 Å². The number of rotatable bonds is 5. The van der Waals surface area contributed by atoms with Crippen molar-refractivity contribution in [2.45, 2.75) is 58.2 Å². The molecular weight excluding hydrogens is 594 g/mol. The van der Waals surface area contributed by atoms with E-state index in [1.807, 2.05) is 0 Å². The van der Waals surface area contributed by atoms with E-state index in [0.29, 0.717) is 17.7 Å². The monoisotopic (exact) mass is 631 g/mol. The third-order valence-corrected chi connectivity index (χ3v) is 8.51. The van der Waals surface area contributed by atoms with Gasteiger partial charge in [0.05, 0.1) is 17.0 Å². The SMILES string of the molecule is Cc1ccc(NC(=O)[C@H]2Cc3ccccc3N(C(=O)c3c(C)cccc3F)C2)cc1C(F)(F)F.c1ccc(NC2CCCC2)cc1. The maximum absolute atomic E-state index is 14.5. The quantitative estimate of drug-likeness (QED) is 0.216. The summed E-state index contributed by atoms with van der Waals surface area (Å²) in [6.45, 7) is 2.94. The number of para-hydroxylation sites is 2. The van der Waals surface area contributed by atoms with Gasteiger partial charge in [0, 0.05) is 29.6 Å². The largest absolute Gasteiger partial charge is 0.416 e. The molecule has 9 heteroatoms. The van der Waals surface area contributed by atoms with Crippen LogP contribution in [-0.2, 0) is 17.4 Å². The normalized spacial score (nSPS) is 16.2. The predicted molar refractivity (Wildman–Crippen MR) is 174 cm³/mol. The van der Waals surface area contributed by atoms with Crippen LogP contribution in [0.25, 0.3) is 0 Å². The van der Waals surface area contributed by atoms with Crippen LogP contribution < -0.4 is 15.5 Å². The van der Waals surface area contributed by atoms with Crippen LogP contribution in [-0.4, -0.2) is 24.4 Å². The smallest absolute Gasteiger partial charge is 0.382 e. The van der Waals surface area contributed by atoms with Crippen molar-refractivity contribution in [3.63, 3.8) is 0 Å². The average Bonchev–Trinajstić information content (AvgIpc) is 3.54. The number of benzene rings is 4. The highest BCUT2D eigenvalue weighted by molar-refractivity contribution is 6.08. The van der Waals surface area contributed by atoms with Gasteiger partial charge in [-0.15, -0.1) is 0 Å². The number of halogens is 4. The molecule has 5 nitrogen and oxygen atoms in total. The van der Waals surface area contributed by atoms with Gasteiger partial charge in [0.2, 0.25) is 5.91 Å². The van der Waals surface area contributed by atoms with Crippen molar-refractivity contribution in [1.29, 1.82) is 0 Å². The molecule has 1 fully saturated rings. The summed E-state index contributed by atoms with van der Waals surface area (Å²) in [5.74, 6) is -2.49. The van der Waals surface area contributed by atoms with E-state index in [4.69, 9.17) is 0 Å². The number of nitrogens with zero attached hydrogens (tertiary/aromatic N) is 1. The summed E-state index contributed by atoms with van der Waals surface area (Å²) in [6, 6.07) is 26.2. The van der Waals surface area contributed by atoms with Gasteiger partial charge in [0.15, 0.2) is 0 Å². The fourth-order valence-electron chi connectivity index (χ4n) is 6.09. The molecular formula is C37H37F4N3O2. The molecule has 1 saturated carbocycles. The molecule has 2 aliphatic rings. The van der Waals surface area contributed by atoms with Crippen LogP contribution in [0.3, 0.4) is 0 Å². The van der Waals surface area contributed by atoms with Crippen molar-refractivity contribution in [2.75, 3.05) is 22.1 Å². The topological polar surface area (TPSA) is 61.4 Å². The number of nitrogens with one attached hydrogen (secondary N) is 2. The van der Waals surface area contributed by atoms with E-state index in [-0.39, 0.29) is 23.4 Å². The highest BCUT2D eigenvalue weighted by atomic mass is 19.4. The molecule has 0 bridgehead atoms. The number of carbonyl (C=O) groups is 2. The first kappa shape index (κ1) is 32.7. The van der Waals surface area contributed by atoms with Gasteiger partial charge in [-0.25, -0.2) is 4.39 Å². The first-order chi connectivity index (χ1) is 22.0. The zero-order chi connectivity index (χ0) is 32.8. The van der Waals surface area contributed by atoms with Crippen LogP contribution in [0.5, 0.6) is 0 Å². The first-order valence-corrected chi connectivity index (χ1v) is 15.5. The van der Waals surface area contributed by atoms with Crippen molar-refractivity contribution in [2.24, 2.45) is 5.92 Å². The van der Waals surface area contributed by atoms with Crippen LogP contribution in [0.1, 0.15) is 58.3 Å². The maximum Gasteiger partial charge on any atom is 0.416 e. The van der Waals surface area contributed by atoms with Gasteiger partial charge in [-0.3, -0.25) is 9.59 Å². The first-order valence-electron chi connectivity index (χ1n) is 15.5. The number of anilines is 3. The number of hydrogen-bond donors (Lipinski definition) is 2.